The second kappa shape index (κ2) is 6.89. The van der Waals surface area contributed by atoms with Crippen LogP contribution in [0.5, 0.6) is 0 Å². The molecule has 0 unspecified atom stereocenters. The van der Waals surface area contributed by atoms with Crippen LogP contribution in [0.1, 0.15) is 56.7 Å². The zero-order valence-corrected chi connectivity index (χ0v) is 12.4. The lowest BCUT2D eigenvalue weighted by molar-refractivity contribution is -0.127. The Labute approximate surface area is 121 Å². The molecule has 1 aliphatic carbocycles. The lowest BCUT2D eigenvalue weighted by atomic mass is 9.96. The Morgan fingerprint density at radius 2 is 1.95 bits per heavy atom. The molecule has 2 N–H and O–H groups in total. The Morgan fingerprint density at radius 1 is 1.30 bits per heavy atom. The molecule has 0 saturated carbocycles. The van der Waals surface area contributed by atoms with Crippen LogP contribution in [-0.4, -0.2) is 17.1 Å². The molecule has 1 aromatic carbocycles. The molecular weight excluding hydrogens is 250 g/mol. The van der Waals surface area contributed by atoms with Crippen molar-refractivity contribution in [1.82, 2.24) is 5.32 Å². The van der Waals surface area contributed by atoms with Gasteiger partial charge in [0.1, 0.15) is 0 Å². The Hall–Kier alpha value is -1.35. The molecule has 0 fully saturated rings. The van der Waals surface area contributed by atoms with Gasteiger partial charge in [-0.05, 0) is 24.0 Å². The van der Waals surface area contributed by atoms with Crippen molar-refractivity contribution in [3.63, 3.8) is 0 Å². The van der Waals surface area contributed by atoms with E-state index < -0.39 is 6.10 Å². The molecule has 0 heterocycles. The Morgan fingerprint density at radius 3 is 2.60 bits per heavy atom. The van der Waals surface area contributed by atoms with E-state index in [-0.39, 0.29) is 17.9 Å². The molecule has 2 rings (SSSR count). The van der Waals surface area contributed by atoms with E-state index in [0.717, 1.165) is 36.8 Å². The highest BCUT2D eigenvalue weighted by molar-refractivity contribution is 5.79. The standard InChI is InChI=1S/C17H25NO2/c1-3-7-12(8-4-2)17(20)18-16-14-10-6-5-9-13(14)11-15(16)19/h5-6,9-10,12,15-16,19H,3-4,7-8,11H2,1-2H3,(H,18,20)/t15-,16+/m1/s1. The van der Waals surface area contributed by atoms with Gasteiger partial charge in [-0.1, -0.05) is 51.0 Å². The minimum absolute atomic E-state index is 0.0740. The largest absolute Gasteiger partial charge is 0.390 e. The molecular formula is C17H25NO2. The van der Waals surface area contributed by atoms with Crippen molar-refractivity contribution in [2.24, 2.45) is 5.92 Å². The first-order valence-corrected chi connectivity index (χ1v) is 7.73. The lowest BCUT2D eigenvalue weighted by Crippen LogP contribution is -2.37. The van der Waals surface area contributed by atoms with Crippen molar-refractivity contribution in [1.29, 1.82) is 0 Å². The van der Waals surface area contributed by atoms with Crippen LogP contribution >= 0.6 is 0 Å². The number of hydrogen-bond donors (Lipinski definition) is 2. The number of aliphatic hydroxyl groups excluding tert-OH is 1. The van der Waals surface area contributed by atoms with E-state index in [9.17, 15) is 9.90 Å². The number of carbonyl (C=O) groups is 1. The number of carbonyl (C=O) groups excluding carboxylic acids is 1. The molecule has 3 heteroatoms. The summed E-state index contributed by atoms with van der Waals surface area (Å²) in [6.07, 6.45) is 4.01. The molecule has 20 heavy (non-hydrogen) atoms. The molecule has 0 aromatic heterocycles. The van der Waals surface area contributed by atoms with E-state index >= 15 is 0 Å². The van der Waals surface area contributed by atoms with Crippen molar-refractivity contribution >= 4 is 5.91 Å². The van der Waals surface area contributed by atoms with Crippen molar-refractivity contribution < 1.29 is 9.90 Å². The zero-order valence-electron chi connectivity index (χ0n) is 12.4. The predicted octanol–water partition coefficient (Wildman–Crippen LogP) is 2.98. The normalized spacial score (nSPS) is 21.0. The summed E-state index contributed by atoms with van der Waals surface area (Å²) in [6.45, 7) is 4.21. The lowest BCUT2D eigenvalue weighted by Gasteiger charge is -2.22. The van der Waals surface area contributed by atoms with E-state index in [1.807, 2.05) is 24.3 Å². The minimum atomic E-state index is -0.500. The first-order chi connectivity index (χ1) is 9.67. The molecule has 0 aliphatic heterocycles. The third-order valence-electron chi connectivity index (χ3n) is 4.15. The highest BCUT2D eigenvalue weighted by Crippen LogP contribution is 2.31. The predicted molar refractivity (Wildman–Crippen MR) is 80.3 cm³/mol. The van der Waals surface area contributed by atoms with Gasteiger partial charge in [-0.15, -0.1) is 0 Å². The van der Waals surface area contributed by atoms with Gasteiger partial charge in [0.25, 0.3) is 0 Å². The third kappa shape index (κ3) is 3.21. The summed E-state index contributed by atoms with van der Waals surface area (Å²) in [5.41, 5.74) is 2.22. The van der Waals surface area contributed by atoms with Gasteiger partial charge in [-0.3, -0.25) is 4.79 Å². The Balaban J connectivity index is 2.07. The van der Waals surface area contributed by atoms with E-state index in [4.69, 9.17) is 0 Å². The summed E-state index contributed by atoms with van der Waals surface area (Å²) < 4.78 is 0. The highest BCUT2D eigenvalue weighted by Gasteiger charge is 2.33. The average molecular weight is 275 g/mol. The van der Waals surface area contributed by atoms with Crippen molar-refractivity contribution in [3.8, 4) is 0 Å². The summed E-state index contributed by atoms with van der Waals surface area (Å²) in [5.74, 6) is 0.166. The molecule has 0 bridgehead atoms. The maximum atomic E-state index is 12.4. The van der Waals surface area contributed by atoms with Crippen LogP contribution in [0.2, 0.25) is 0 Å². The molecule has 1 amide bonds. The monoisotopic (exact) mass is 275 g/mol. The van der Waals surface area contributed by atoms with Gasteiger partial charge in [-0.2, -0.15) is 0 Å². The number of hydrogen-bond acceptors (Lipinski definition) is 2. The fourth-order valence-electron chi connectivity index (χ4n) is 3.12. The molecule has 2 atom stereocenters. The van der Waals surface area contributed by atoms with Crippen LogP contribution in [0.25, 0.3) is 0 Å². The first kappa shape index (κ1) is 15.0. The van der Waals surface area contributed by atoms with Gasteiger partial charge >= 0.3 is 0 Å². The van der Waals surface area contributed by atoms with Crippen LogP contribution < -0.4 is 5.32 Å². The number of amides is 1. The number of fused-ring (bicyclic) bond motifs is 1. The van der Waals surface area contributed by atoms with Crippen LogP contribution in [-0.2, 0) is 11.2 Å². The molecule has 0 spiro atoms. The summed E-state index contributed by atoms with van der Waals surface area (Å²) in [4.78, 5) is 12.4. The second-order valence-electron chi connectivity index (χ2n) is 5.73. The van der Waals surface area contributed by atoms with Gasteiger partial charge in [0.05, 0.1) is 12.1 Å². The summed E-state index contributed by atoms with van der Waals surface area (Å²) in [7, 11) is 0. The Bertz CT molecular complexity index is 452. The van der Waals surface area contributed by atoms with Gasteiger partial charge in [0, 0.05) is 12.3 Å². The zero-order chi connectivity index (χ0) is 14.5. The number of rotatable bonds is 6. The molecule has 0 radical (unpaired) electrons. The number of benzene rings is 1. The first-order valence-electron chi connectivity index (χ1n) is 7.73. The van der Waals surface area contributed by atoms with E-state index in [1.54, 1.807) is 0 Å². The van der Waals surface area contributed by atoms with Crippen molar-refractivity contribution in [3.05, 3.63) is 35.4 Å². The quantitative estimate of drug-likeness (QED) is 0.838. The minimum Gasteiger partial charge on any atom is -0.390 e. The van der Waals surface area contributed by atoms with Crippen LogP contribution in [0.3, 0.4) is 0 Å². The average Bonchev–Trinajstić information content (AvgIpc) is 2.75. The fraction of sp³-hybridized carbons (Fsp3) is 0.588. The van der Waals surface area contributed by atoms with E-state index in [2.05, 4.69) is 19.2 Å². The van der Waals surface area contributed by atoms with Gasteiger partial charge < -0.3 is 10.4 Å². The summed E-state index contributed by atoms with van der Waals surface area (Å²) in [6, 6.07) is 7.74. The van der Waals surface area contributed by atoms with Gasteiger partial charge in [0.2, 0.25) is 5.91 Å². The van der Waals surface area contributed by atoms with E-state index in [1.165, 1.54) is 0 Å². The van der Waals surface area contributed by atoms with E-state index in [0.29, 0.717) is 6.42 Å². The van der Waals surface area contributed by atoms with Crippen molar-refractivity contribution in [2.45, 2.75) is 58.1 Å². The van der Waals surface area contributed by atoms with Crippen LogP contribution in [0.4, 0.5) is 0 Å². The van der Waals surface area contributed by atoms with Crippen LogP contribution in [0, 0.1) is 5.92 Å². The van der Waals surface area contributed by atoms with Crippen molar-refractivity contribution in [2.75, 3.05) is 0 Å². The summed E-state index contributed by atoms with van der Waals surface area (Å²) >= 11 is 0. The maximum Gasteiger partial charge on any atom is 0.223 e. The van der Waals surface area contributed by atoms with Crippen LogP contribution in [0.15, 0.2) is 24.3 Å². The smallest absolute Gasteiger partial charge is 0.223 e. The number of nitrogens with one attached hydrogen (secondary N) is 1. The SMILES string of the molecule is CCCC(CCC)C(=O)N[C@H]1c2ccccc2C[C@H]1O. The number of aliphatic hydroxyl groups is 1. The molecule has 1 aliphatic rings. The van der Waals surface area contributed by atoms with Gasteiger partial charge in [0.15, 0.2) is 0 Å². The molecule has 3 nitrogen and oxygen atoms in total. The fourth-order valence-corrected chi connectivity index (χ4v) is 3.12. The topological polar surface area (TPSA) is 49.3 Å². The maximum absolute atomic E-state index is 12.4. The molecule has 1 aromatic rings. The van der Waals surface area contributed by atoms with Gasteiger partial charge in [-0.25, -0.2) is 0 Å². The molecule has 110 valence electrons. The molecule has 0 saturated heterocycles. The third-order valence-corrected chi connectivity index (χ3v) is 4.15. The second-order valence-corrected chi connectivity index (χ2v) is 5.73. The highest BCUT2D eigenvalue weighted by atomic mass is 16.3. The summed E-state index contributed by atoms with van der Waals surface area (Å²) in [5, 5.41) is 13.3. The Kier molecular flexibility index (Phi) is 5.18.